The van der Waals surface area contributed by atoms with Crippen LogP contribution in [0.4, 0.5) is 0 Å². The van der Waals surface area contributed by atoms with Crippen LogP contribution in [0.25, 0.3) is 0 Å². The van der Waals surface area contributed by atoms with E-state index in [1.165, 1.54) is 83.5 Å². The molecule has 0 radical (unpaired) electrons. The van der Waals surface area contributed by atoms with E-state index in [9.17, 15) is 4.79 Å². The quantitative estimate of drug-likeness (QED) is 0.232. The number of carbonyl (C=O) groups is 1. The smallest absolute Gasteiger partial charge is 0.303 e. The van der Waals surface area contributed by atoms with Gasteiger partial charge in [-0.05, 0) is 18.1 Å². The molecule has 0 rings (SSSR count). The average molecular weight is 331 g/mol. The van der Waals surface area contributed by atoms with Gasteiger partial charge in [0.15, 0.2) is 0 Å². The molecule has 0 fully saturated rings. The fourth-order valence-electron chi connectivity index (χ4n) is 2.84. The third kappa shape index (κ3) is 19.8. The lowest BCUT2D eigenvalue weighted by Gasteiger charge is -2.04. The van der Waals surface area contributed by atoms with Gasteiger partial charge in [0, 0.05) is 6.42 Å². The minimum absolute atomic E-state index is 0.341. The zero-order chi connectivity index (χ0) is 16.5. The molecule has 0 spiro atoms. The van der Waals surface area contributed by atoms with Crippen molar-refractivity contribution in [3.8, 4) is 0 Å². The summed E-state index contributed by atoms with van der Waals surface area (Å²) in [6.07, 6.45) is 19.8. The summed E-state index contributed by atoms with van der Waals surface area (Å²) in [6.45, 7) is 2.18. The molecule has 0 aromatic heterocycles. The minimum atomic E-state index is -0.656. The third-order valence-corrected chi connectivity index (χ3v) is 4.52. The first-order valence-corrected chi connectivity index (χ1v) is 10.0. The molecule has 132 valence electrons. The van der Waals surface area contributed by atoms with Gasteiger partial charge in [-0.15, -0.1) is 0 Å². The molecular formula is C19H38O2S. The Labute approximate surface area is 143 Å². The van der Waals surface area contributed by atoms with E-state index in [4.69, 9.17) is 5.11 Å². The Morgan fingerprint density at radius 1 is 0.727 bits per heavy atom. The first kappa shape index (κ1) is 21.8. The molecule has 2 nitrogen and oxygen atoms in total. The van der Waals surface area contributed by atoms with Crippen molar-refractivity contribution in [2.24, 2.45) is 0 Å². The van der Waals surface area contributed by atoms with E-state index in [0.717, 1.165) is 12.8 Å². The number of carboxylic acids is 1. The molecule has 1 unspecified atom stereocenters. The normalized spacial score (nSPS) is 12.5. The molecule has 0 aliphatic heterocycles. The summed E-state index contributed by atoms with van der Waals surface area (Å²) in [5.74, 6) is -0.656. The van der Waals surface area contributed by atoms with Crippen molar-refractivity contribution in [1.82, 2.24) is 0 Å². The van der Waals surface area contributed by atoms with Gasteiger partial charge in [0.2, 0.25) is 0 Å². The van der Waals surface area contributed by atoms with E-state index >= 15 is 0 Å². The number of hydrogen-bond acceptors (Lipinski definition) is 2. The van der Waals surface area contributed by atoms with Crippen LogP contribution < -0.4 is 0 Å². The molecule has 0 aliphatic carbocycles. The van der Waals surface area contributed by atoms with Gasteiger partial charge >= 0.3 is 5.97 Å². The molecule has 3 heteroatoms. The van der Waals surface area contributed by atoms with Crippen LogP contribution in [0.1, 0.15) is 110 Å². The van der Waals surface area contributed by atoms with Gasteiger partial charge in [0.05, 0.1) is 0 Å². The van der Waals surface area contributed by atoms with E-state index in [1.807, 2.05) is 0 Å². The number of rotatable bonds is 17. The van der Waals surface area contributed by atoms with Gasteiger partial charge < -0.3 is 5.11 Å². The van der Waals surface area contributed by atoms with E-state index in [-0.39, 0.29) is 0 Å². The lowest BCUT2D eigenvalue weighted by molar-refractivity contribution is -0.137. The van der Waals surface area contributed by atoms with Crippen molar-refractivity contribution in [3.63, 3.8) is 0 Å². The van der Waals surface area contributed by atoms with Gasteiger partial charge in [-0.25, -0.2) is 0 Å². The van der Waals surface area contributed by atoms with Crippen LogP contribution in [0.3, 0.4) is 0 Å². The highest BCUT2D eigenvalue weighted by Crippen LogP contribution is 2.14. The van der Waals surface area contributed by atoms with Crippen LogP contribution in [-0.4, -0.2) is 16.3 Å². The second kappa shape index (κ2) is 17.2. The molecule has 0 bridgehead atoms. The standard InChI is InChI=1S/C19H38O2S/c1-18(22)16-14-12-10-8-6-4-2-3-5-7-9-11-13-15-17-19(20)21/h18,22H,2-17H2,1H3,(H,20,21). The maximum atomic E-state index is 10.4. The van der Waals surface area contributed by atoms with E-state index in [1.54, 1.807) is 0 Å². The fourth-order valence-corrected chi connectivity index (χ4v) is 3.02. The highest BCUT2D eigenvalue weighted by molar-refractivity contribution is 7.80. The third-order valence-electron chi connectivity index (χ3n) is 4.26. The van der Waals surface area contributed by atoms with Crippen molar-refractivity contribution in [1.29, 1.82) is 0 Å². The largest absolute Gasteiger partial charge is 0.481 e. The van der Waals surface area contributed by atoms with Crippen LogP contribution in [-0.2, 0) is 4.79 Å². The molecular weight excluding hydrogens is 292 g/mol. The summed E-state index contributed by atoms with van der Waals surface area (Å²) in [5.41, 5.74) is 0. The topological polar surface area (TPSA) is 37.3 Å². The van der Waals surface area contributed by atoms with Crippen molar-refractivity contribution in [3.05, 3.63) is 0 Å². The lowest BCUT2D eigenvalue weighted by atomic mass is 10.0. The molecule has 0 saturated carbocycles. The Hall–Kier alpha value is -0.180. The Kier molecular flexibility index (Phi) is 17.0. The number of thiol groups is 1. The number of aliphatic carboxylic acids is 1. The Morgan fingerprint density at radius 2 is 1.05 bits per heavy atom. The maximum absolute atomic E-state index is 10.4. The molecule has 0 aromatic rings. The summed E-state index contributed by atoms with van der Waals surface area (Å²) in [5, 5.41) is 9.10. The summed E-state index contributed by atoms with van der Waals surface area (Å²) >= 11 is 4.41. The number of carboxylic acid groups (broad SMARTS) is 1. The molecule has 1 N–H and O–H groups in total. The molecule has 22 heavy (non-hydrogen) atoms. The van der Waals surface area contributed by atoms with Gasteiger partial charge in [-0.1, -0.05) is 90.4 Å². The number of unbranched alkanes of at least 4 members (excludes halogenated alkanes) is 13. The molecule has 0 aliphatic rings. The van der Waals surface area contributed by atoms with Crippen LogP contribution in [0, 0.1) is 0 Å². The lowest BCUT2D eigenvalue weighted by Crippen LogP contribution is -1.93. The first-order valence-electron chi connectivity index (χ1n) is 9.53. The molecule has 0 saturated heterocycles. The Morgan fingerprint density at radius 3 is 1.36 bits per heavy atom. The van der Waals surface area contributed by atoms with Crippen LogP contribution >= 0.6 is 12.6 Å². The summed E-state index contributed by atoms with van der Waals surface area (Å²) in [6, 6.07) is 0. The summed E-state index contributed by atoms with van der Waals surface area (Å²) in [4.78, 5) is 10.4. The molecule has 0 aromatic carbocycles. The zero-order valence-corrected chi connectivity index (χ0v) is 15.6. The van der Waals surface area contributed by atoms with Gasteiger partial charge in [-0.2, -0.15) is 12.6 Å². The van der Waals surface area contributed by atoms with E-state index in [2.05, 4.69) is 19.6 Å². The van der Waals surface area contributed by atoms with Crippen molar-refractivity contribution in [2.75, 3.05) is 0 Å². The fraction of sp³-hybridized carbons (Fsp3) is 0.947. The number of hydrogen-bond donors (Lipinski definition) is 2. The summed E-state index contributed by atoms with van der Waals surface area (Å²) < 4.78 is 0. The minimum Gasteiger partial charge on any atom is -0.481 e. The van der Waals surface area contributed by atoms with Crippen molar-refractivity contribution < 1.29 is 9.90 Å². The second-order valence-corrected chi connectivity index (χ2v) is 7.61. The van der Waals surface area contributed by atoms with Crippen LogP contribution in [0.2, 0.25) is 0 Å². The Balaban J connectivity index is 2.98. The second-order valence-electron chi connectivity index (χ2n) is 6.73. The van der Waals surface area contributed by atoms with Gasteiger partial charge in [-0.3, -0.25) is 4.79 Å². The Bertz CT molecular complexity index is 242. The monoisotopic (exact) mass is 330 g/mol. The highest BCUT2D eigenvalue weighted by atomic mass is 32.1. The van der Waals surface area contributed by atoms with Crippen LogP contribution in [0.5, 0.6) is 0 Å². The maximum Gasteiger partial charge on any atom is 0.303 e. The van der Waals surface area contributed by atoms with E-state index in [0.29, 0.717) is 11.7 Å². The molecule has 0 amide bonds. The average Bonchev–Trinajstić information content (AvgIpc) is 2.46. The first-order chi connectivity index (χ1) is 10.6. The van der Waals surface area contributed by atoms with Crippen molar-refractivity contribution >= 4 is 18.6 Å². The SMILES string of the molecule is CC(S)CCCCCCCCCCCCCCCCC(=O)O. The summed E-state index contributed by atoms with van der Waals surface area (Å²) in [7, 11) is 0. The predicted octanol–water partition coefficient (Wildman–Crippen LogP) is 6.63. The van der Waals surface area contributed by atoms with Crippen LogP contribution in [0.15, 0.2) is 0 Å². The van der Waals surface area contributed by atoms with E-state index < -0.39 is 5.97 Å². The highest BCUT2D eigenvalue weighted by Gasteiger charge is 1.97. The molecule has 0 heterocycles. The van der Waals surface area contributed by atoms with Crippen molar-refractivity contribution in [2.45, 2.75) is 115 Å². The van der Waals surface area contributed by atoms with Gasteiger partial charge in [0.1, 0.15) is 0 Å². The van der Waals surface area contributed by atoms with Gasteiger partial charge in [0.25, 0.3) is 0 Å². The zero-order valence-electron chi connectivity index (χ0n) is 14.7. The molecule has 1 atom stereocenters. The predicted molar refractivity (Wildman–Crippen MR) is 100.0 cm³/mol.